The van der Waals surface area contributed by atoms with E-state index in [1.54, 1.807) is 0 Å². The monoisotopic (exact) mass is 382 g/mol. The van der Waals surface area contributed by atoms with E-state index in [2.05, 4.69) is 15.9 Å². The highest BCUT2D eigenvalue weighted by molar-refractivity contribution is 9.10. The largest absolute Gasteiger partial charge is 0.457 e. The molecule has 3 aromatic rings. The van der Waals surface area contributed by atoms with Crippen molar-refractivity contribution in [1.29, 1.82) is 0 Å². The Bertz CT molecular complexity index is 923. The van der Waals surface area contributed by atoms with Crippen molar-refractivity contribution in [3.8, 4) is 11.3 Å². The molecule has 0 radical (unpaired) electrons. The summed E-state index contributed by atoms with van der Waals surface area (Å²) in [7, 11) is 0. The first-order valence-electron chi connectivity index (χ1n) is 7.10. The van der Waals surface area contributed by atoms with Gasteiger partial charge in [-0.2, -0.15) is 0 Å². The number of benzene rings is 2. The third-order valence-corrected chi connectivity index (χ3v) is 5.23. The number of halogens is 1. The average Bonchev–Trinajstić information content (AvgIpc) is 3.15. The Kier molecular flexibility index (Phi) is 3.71. The molecule has 0 bridgehead atoms. The second-order valence-corrected chi connectivity index (χ2v) is 7.14. The van der Waals surface area contributed by atoms with Gasteiger partial charge in [0.2, 0.25) is 5.78 Å². The molecule has 0 amide bonds. The van der Waals surface area contributed by atoms with E-state index in [4.69, 9.17) is 4.42 Å². The number of ketones is 1. The van der Waals surface area contributed by atoms with E-state index in [0.717, 1.165) is 26.3 Å². The van der Waals surface area contributed by atoms with Crippen LogP contribution >= 0.6 is 27.7 Å². The molecule has 0 atom stereocenters. The SMILES string of the molecule is O=C1/C(=C\c2ccc(-c3ccc(Br)cc3)o2)Sc2ccccc21. The number of carbonyl (C=O) groups is 1. The molecular weight excluding hydrogens is 372 g/mol. The normalized spacial score (nSPS) is 15.2. The molecule has 0 aliphatic carbocycles. The van der Waals surface area contributed by atoms with E-state index in [1.807, 2.05) is 66.7 Å². The molecule has 112 valence electrons. The summed E-state index contributed by atoms with van der Waals surface area (Å²) in [5.41, 5.74) is 1.77. The van der Waals surface area contributed by atoms with E-state index in [-0.39, 0.29) is 5.78 Å². The lowest BCUT2D eigenvalue weighted by Gasteiger charge is -1.97. The van der Waals surface area contributed by atoms with Crippen LogP contribution in [0.2, 0.25) is 0 Å². The number of fused-ring (bicyclic) bond motifs is 1. The lowest BCUT2D eigenvalue weighted by atomic mass is 10.1. The predicted octanol–water partition coefficient (Wildman–Crippen LogP) is 6.04. The molecule has 0 spiro atoms. The molecule has 0 N–H and O–H groups in total. The molecule has 0 saturated carbocycles. The third-order valence-electron chi connectivity index (χ3n) is 3.60. The van der Waals surface area contributed by atoms with Crippen LogP contribution in [0.25, 0.3) is 17.4 Å². The van der Waals surface area contributed by atoms with Crippen molar-refractivity contribution < 1.29 is 9.21 Å². The molecule has 2 aromatic carbocycles. The summed E-state index contributed by atoms with van der Waals surface area (Å²) < 4.78 is 6.89. The summed E-state index contributed by atoms with van der Waals surface area (Å²) in [4.78, 5) is 14.1. The van der Waals surface area contributed by atoms with Crippen LogP contribution in [-0.4, -0.2) is 5.78 Å². The zero-order chi connectivity index (χ0) is 15.8. The third kappa shape index (κ3) is 2.80. The Hall–Kier alpha value is -2.04. The predicted molar refractivity (Wildman–Crippen MR) is 96.5 cm³/mol. The van der Waals surface area contributed by atoms with Crippen LogP contribution in [0, 0.1) is 0 Å². The van der Waals surface area contributed by atoms with Crippen molar-refractivity contribution in [3.63, 3.8) is 0 Å². The molecular formula is C19H11BrO2S. The standard InChI is InChI=1S/C19H11BrO2S/c20-13-7-5-12(6-8-13)16-10-9-14(22-16)11-18-19(21)15-3-1-2-4-17(15)23-18/h1-11H/b18-11+. The summed E-state index contributed by atoms with van der Waals surface area (Å²) >= 11 is 4.91. The zero-order valence-electron chi connectivity index (χ0n) is 12.0. The Morgan fingerprint density at radius 1 is 0.957 bits per heavy atom. The quantitative estimate of drug-likeness (QED) is 0.506. The van der Waals surface area contributed by atoms with Gasteiger partial charge in [-0.3, -0.25) is 4.79 Å². The maximum absolute atomic E-state index is 12.4. The van der Waals surface area contributed by atoms with Crippen LogP contribution in [0.3, 0.4) is 0 Å². The van der Waals surface area contributed by atoms with Gasteiger partial charge in [-0.15, -0.1) is 0 Å². The molecule has 2 nitrogen and oxygen atoms in total. The van der Waals surface area contributed by atoms with Crippen molar-refractivity contribution in [2.24, 2.45) is 0 Å². The zero-order valence-corrected chi connectivity index (χ0v) is 14.4. The number of hydrogen-bond acceptors (Lipinski definition) is 3. The molecule has 0 unspecified atom stereocenters. The summed E-state index contributed by atoms with van der Waals surface area (Å²) in [6, 6.07) is 19.4. The molecule has 0 fully saturated rings. The minimum atomic E-state index is 0.0622. The minimum Gasteiger partial charge on any atom is -0.457 e. The molecule has 23 heavy (non-hydrogen) atoms. The number of rotatable bonds is 2. The highest BCUT2D eigenvalue weighted by Crippen LogP contribution is 2.40. The number of allylic oxidation sites excluding steroid dienone is 1. The summed E-state index contributed by atoms with van der Waals surface area (Å²) in [5.74, 6) is 1.54. The van der Waals surface area contributed by atoms with E-state index in [1.165, 1.54) is 11.8 Å². The van der Waals surface area contributed by atoms with Crippen LogP contribution in [0.15, 0.2) is 79.4 Å². The van der Waals surface area contributed by atoms with Gasteiger partial charge in [-0.1, -0.05) is 52.0 Å². The summed E-state index contributed by atoms with van der Waals surface area (Å²) in [5, 5.41) is 0. The minimum absolute atomic E-state index is 0.0622. The van der Waals surface area contributed by atoms with Gasteiger partial charge < -0.3 is 4.42 Å². The number of Topliss-reactive ketones (excluding diaryl/α,β-unsaturated/α-hetero) is 1. The molecule has 2 heterocycles. The second kappa shape index (κ2) is 5.87. The second-order valence-electron chi connectivity index (χ2n) is 5.14. The van der Waals surface area contributed by atoms with Gasteiger partial charge in [0.25, 0.3) is 0 Å². The van der Waals surface area contributed by atoms with Gasteiger partial charge in [0.15, 0.2) is 0 Å². The smallest absolute Gasteiger partial charge is 0.200 e. The number of hydrogen-bond donors (Lipinski definition) is 0. The van der Waals surface area contributed by atoms with Gasteiger partial charge in [-0.05, 0) is 42.5 Å². The summed E-state index contributed by atoms with van der Waals surface area (Å²) in [6.07, 6.45) is 1.81. The number of furan rings is 1. The first-order chi connectivity index (χ1) is 11.2. The first-order valence-corrected chi connectivity index (χ1v) is 8.71. The van der Waals surface area contributed by atoms with Crippen LogP contribution in [-0.2, 0) is 0 Å². The van der Waals surface area contributed by atoms with E-state index >= 15 is 0 Å². The Morgan fingerprint density at radius 2 is 1.74 bits per heavy atom. The van der Waals surface area contributed by atoms with E-state index in [9.17, 15) is 4.79 Å². The molecule has 4 rings (SSSR count). The fraction of sp³-hybridized carbons (Fsp3) is 0. The van der Waals surface area contributed by atoms with E-state index < -0.39 is 0 Å². The van der Waals surface area contributed by atoms with Gasteiger partial charge in [0.05, 0.1) is 4.91 Å². The molecule has 4 heteroatoms. The van der Waals surface area contributed by atoms with Crippen molar-refractivity contribution in [2.45, 2.75) is 4.90 Å². The maximum atomic E-state index is 12.4. The number of thioether (sulfide) groups is 1. The van der Waals surface area contributed by atoms with Crippen molar-refractivity contribution in [1.82, 2.24) is 0 Å². The highest BCUT2D eigenvalue weighted by atomic mass is 79.9. The average molecular weight is 383 g/mol. The topological polar surface area (TPSA) is 30.2 Å². The molecule has 0 saturated heterocycles. The molecule has 1 aromatic heterocycles. The summed E-state index contributed by atoms with van der Waals surface area (Å²) in [6.45, 7) is 0. The Balaban J connectivity index is 1.64. The van der Waals surface area contributed by atoms with Crippen molar-refractivity contribution in [2.75, 3.05) is 0 Å². The van der Waals surface area contributed by atoms with Gasteiger partial charge >= 0.3 is 0 Å². The lowest BCUT2D eigenvalue weighted by molar-refractivity contribution is 0.104. The fourth-order valence-corrected chi connectivity index (χ4v) is 3.76. The van der Waals surface area contributed by atoms with E-state index in [0.29, 0.717) is 10.7 Å². The van der Waals surface area contributed by atoms with Gasteiger partial charge in [0, 0.05) is 20.5 Å². The number of carbonyl (C=O) groups excluding carboxylic acids is 1. The van der Waals surface area contributed by atoms with Crippen LogP contribution in [0.1, 0.15) is 16.1 Å². The maximum Gasteiger partial charge on any atom is 0.200 e. The Morgan fingerprint density at radius 3 is 2.52 bits per heavy atom. The molecule has 1 aliphatic rings. The van der Waals surface area contributed by atoms with Crippen molar-refractivity contribution >= 4 is 39.6 Å². The van der Waals surface area contributed by atoms with Gasteiger partial charge in [0.1, 0.15) is 11.5 Å². The molecule has 1 aliphatic heterocycles. The Labute approximate surface area is 146 Å². The van der Waals surface area contributed by atoms with Crippen LogP contribution < -0.4 is 0 Å². The highest BCUT2D eigenvalue weighted by Gasteiger charge is 2.25. The van der Waals surface area contributed by atoms with Crippen molar-refractivity contribution in [3.05, 3.63) is 81.4 Å². The lowest BCUT2D eigenvalue weighted by Crippen LogP contribution is -1.93. The first kappa shape index (κ1) is 14.5. The van der Waals surface area contributed by atoms with Crippen LogP contribution in [0.4, 0.5) is 0 Å². The van der Waals surface area contributed by atoms with Gasteiger partial charge in [-0.25, -0.2) is 0 Å². The van der Waals surface area contributed by atoms with Crippen LogP contribution in [0.5, 0.6) is 0 Å². The fourth-order valence-electron chi connectivity index (χ4n) is 2.46.